The first-order chi connectivity index (χ1) is 8.24. The number of aromatic nitrogens is 1. The average molecular weight is 237 g/mol. The topological polar surface area (TPSA) is 60.2 Å². The number of rotatable bonds is 8. The first kappa shape index (κ1) is 13.8. The van der Waals surface area contributed by atoms with Crippen molar-refractivity contribution in [2.75, 3.05) is 30.8 Å². The monoisotopic (exact) mass is 237 g/mol. The molecule has 4 nitrogen and oxygen atoms in total. The number of nitrogens with one attached hydrogen (secondary N) is 1. The van der Waals surface area contributed by atoms with Crippen LogP contribution in [0.2, 0.25) is 0 Å². The number of nitrogens with two attached hydrogens (primary N) is 1. The summed E-state index contributed by atoms with van der Waals surface area (Å²) in [4.78, 5) is 4.21. The van der Waals surface area contributed by atoms with Gasteiger partial charge in [-0.05, 0) is 31.4 Å². The maximum absolute atomic E-state index is 5.70. The second-order valence-electron chi connectivity index (χ2n) is 4.17. The Morgan fingerprint density at radius 3 is 2.82 bits per heavy atom. The molecule has 0 fully saturated rings. The van der Waals surface area contributed by atoms with Crippen LogP contribution >= 0.6 is 0 Å². The summed E-state index contributed by atoms with van der Waals surface area (Å²) in [5.41, 5.74) is 7.49. The molecule has 1 aromatic heterocycles. The Balaban J connectivity index is 2.11. The molecule has 0 spiro atoms. The molecule has 0 saturated carbocycles. The van der Waals surface area contributed by atoms with Crippen LogP contribution in [0.3, 0.4) is 0 Å². The van der Waals surface area contributed by atoms with Gasteiger partial charge in [0.1, 0.15) is 5.82 Å². The van der Waals surface area contributed by atoms with Crippen LogP contribution in [-0.4, -0.2) is 24.7 Å². The van der Waals surface area contributed by atoms with Crippen LogP contribution in [0.4, 0.5) is 11.5 Å². The molecule has 1 heterocycles. The smallest absolute Gasteiger partial charge is 0.126 e. The Bertz CT molecular complexity index is 328. The molecule has 0 aliphatic carbocycles. The van der Waals surface area contributed by atoms with Crippen molar-refractivity contribution in [3.63, 3.8) is 0 Å². The molecule has 0 unspecified atom stereocenters. The van der Waals surface area contributed by atoms with Crippen molar-refractivity contribution in [1.82, 2.24) is 4.98 Å². The van der Waals surface area contributed by atoms with E-state index in [1.54, 1.807) is 6.20 Å². The number of hydrogen-bond acceptors (Lipinski definition) is 4. The van der Waals surface area contributed by atoms with Gasteiger partial charge in [0.05, 0.1) is 11.9 Å². The quantitative estimate of drug-likeness (QED) is 0.682. The van der Waals surface area contributed by atoms with Gasteiger partial charge in [-0.25, -0.2) is 4.98 Å². The molecule has 0 aliphatic rings. The van der Waals surface area contributed by atoms with Gasteiger partial charge < -0.3 is 15.8 Å². The summed E-state index contributed by atoms with van der Waals surface area (Å²) < 4.78 is 5.47. The van der Waals surface area contributed by atoms with Crippen LogP contribution in [0.25, 0.3) is 0 Å². The normalized spacial score (nSPS) is 10.5. The summed E-state index contributed by atoms with van der Waals surface area (Å²) in [5, 5.41) is 3.26. The van der Waals surface area contributed by atoms with Crippen molar-refractivity contribution in [1.29, 1.82) is 0 Å². The molecule has 1 rings (SSSR count). The number of hydrogen-bond donors (Lipinski definition) is 2. The molecule has 4 heteroatoms. The standard InChI is InChI=1S/C13H23N3O/c1-3-4-7-17-8-5-6-15-13-9-11(2)12(14)10-16-13/h9-10H,3-8,14H2,1-2H3,(H,15,16). The molecule has 0 atom stereocenters. The van der Waals surface area contributed by atoms with E-state index in [1.807, 2.05) is 13.0 Å². The van der Waals surface area contributed by atoms with Crippen LogP contribution in [0, 0.1) is 6.92 Å². The zero-order valence-corrected chi connectivity index (χ0v) is 10.8. The highest BCUT2D eigenvalue weighted by Crippen LogP contribution is 2.12. The third-order valence-electron chi connectivity index (χ3n) is 2.57. The molecule has 0 radical (unpaired) electrons. The Hall–Kier alpha value is -1.29. The van der Waals surface area contributed by atoms with E-state index in [0.717, 1.165) is 49.7 Å². The van der Waals surface area contributed by atoms with E-state index in [-0.39, 0.29) is 0 Å². The SMILES string of the molecule is CCCCOCCCNc1cc(C)c(N)cn1. The third kappa shape index (κ3) is 5.54. The second kappa shape index (κ2) is 7.90. The Morgan fingerprint density at radius 1 is 1.35 bits per heavy atom. The van der Waals surface area contributed by atoms with E-state index in [2.05, 4.69) is 17.2 Å². The van der Waals surface area contributed by atoms with E-state index in [9.17, 15) is 0 Å². The van der Waals surface area contributed by atoms with Gasteiger partial charge in [-0.1, -0.05) is 13.3 Å². The zero-order valence-electron chi connectivity index (χ0n) is 10.8. The highest BCUT2D eigenvalue weighted by Gasteiger charge is 1.97. The van der Waals surface area contributed by atoms with Gasteiger partial charge in [0, 0.05) is 19.8 Å². The Labute approximate surface area is 104 Å². The molecule has 17 heavy (non-hydrogen) atoms. The summed E-state index contributed by atoms with van der Waals surface area (Å²) in [6.07, 6.45) is 5.02. The van der Waals surface area contributed by atoms with E-state index in [0.29, 0.717) is 0 Å². The average Bonchev–Trinajstić information content (AvgIpc) is 2.32. The molecule has 96 valence electrons. The number of ether oxygens (including phenoxy) is 1. The van der Waals surface area contributed by atoms with Gasteiger partial charge in [-0.15, -0.1) is 0 Å². The maximum Gasteiger partial charge on any atom is 0.126 e. The molecule has 0 saturated heterocycles. The summed E-state index contributed by atoms with van der Waals surface area (Å²) in [7, 11) is 0. The highest BCUT2D eigenvalue weighted by atomic mass is 16.5. The van der Waals surface area contributed by atoms with E-state index >= 15 is 0 Å². The van der Waals surface area contributed by atoms with Gasteiger partial charge in [0.25, 0.3) is 0 Å². The van der Waals surface area contributed by atoms with Gasteiger partial charge >= 0.3 is 0 Å². The largest absolute Gasteiger partial charge is 0.397 e. The molecule has 0 aliphatic heterocycles. The number of nitrogen functional groups attached to an aromatic ring is 1. The molecule has 0 bridgehead atoms. The predicted octanol–water partition coefficient (Wildman–Crippen LogP) is 2.59. The lowest BCUT2D eigenvalue weighted by Crippen LogP contribution is -2.08. The fraction of sp³-hybridized carbons (Fsp3) is 0.615. The molecular formula is C13H23N3O. The van der Waals surface area contributed by atoms with Crippen molar-refractivity contribution < 1.29 is 4.74 Å². The minimum Gasteiger partial charge on any atom is -0.397 e. The number of aryl methyl sites for hydroxylation is 1. The zero-order chi connectivity index (χ0) is 12.5. The van der Waals surface area contributed by atoms with Gasteiger partial charge in [-0.3, -0.25) is 0 Å². The maximum atomic E-state index is 5.70. The van der Waals surface area contributed by atoms with E-state index < -0.39 is 0 Å². The number of unbranched alkanes of at least 4 members (excludes halogenated alkanes) is 1. The van der Waals surface area contributed by atoms with Crippen LogP contribution in [-0.2, 0) is 4.74 Å². The molecule has 3 N–H and O–H groups in total. The fourth-order valence-corrected chi connectivity index (χ4v) is 1.40. The number of pyridine rings is 1. The lowest BCUT2D eigenvalue weighted by Gasteiger charge is -2.07. The summed E-state index contributed by atoms with van der Waals surface area (Å²) in [5.74, 6) is 0.880. The lowest BCUT2D eigenvalue weighted by atomic mass is 10.2. The second-order valence-corrected chi connectivity index (χ2v) is 4.17. The van der Waals surface area contributed by atoms with Gasteiger partial charge in [0.15, 0.2) is 0 Å². The first-order valence-electron chi connectivity index (χ1n) is 6.27. The lowest BCUT2D eigenvalue weighted by molar-refractivity contribution is 0.131. The molecule has 1 aromatic rings. The predicted molar refractivity (Wildman–Crippen MR) is 72.2 cm³/mol. The number of anilines is 2. The molecular weight excluding hydrogens is 214 g/mol. The Morgan fingerprint density at radius 2 is 2.12 bits per heavy atom. The van der Waals surface area contributed by atoms with Gasteiger partial charge in [0.2, 0.25) is 0 Å². The minimum atomic E-state index is 0.735. The van der Waals surface area contributed by atoms with Crippen molar-refractivity contribution in [3.05, 3.63) is 17.8 Å². The van der Waals surface area contributed by atoms with Crippen molar-refractivity contribution in [3.8, 4) is 0 Å². The van der Waals surface area contributed by atoms with Crippen molar-refractivity contribution in [2.24, 2.45) is 0 Å². The summed E-state index contributed by atoms with van der Waals surface area (Å²) in [6.45, 7) is 6.70. The third-order valence-corrected chi connectivity index (χ3v) is 2.57. The minimum absolute atomic E-state index is 0.735. The molecule has 0 aromatic carbocycles. The van der Waals surface area contributed by atoms with Crippen molar-refractivity contribution in [2.45, 2.75) is 33.1 Å². The first-order valence-corrected chi connectivity index (χ1v) is 6.27. The summed E-state index contributed by atoms with van der Waals surface area (Å²) in [6, 6.07) is 1.97. The van der Waals surface area contributed by atoms with Crippen LogP contribution < -0.4 is 11.1 Å². The highest BCUT2D eigenvalue weighted by molar-refractivity contribution is 5.50. The van der Waals surface area contributed by atoms with E-state index in [1.165, 1.54) is 6.42 Å². The molecule has 0 amide bonds. The fourth-order valence-electron chi connectivity index (χ4n) is 1.40. The van der Waals surface area contributed by atoms with Crippen LogP contribution in [0.5, 0.6) is 0 Å². The van der Waals surface area contributed by atoms with E-state index in [4.69, 9.17) is 10.5 Å². The van der Waals surface area contributed by atoms with Crippen molar-refractivity contribution >= 4 is 11.5 Å². The van der Waals surface area contributed by atoms with Crippen LogP contribution in [0.15, 0.2) is 12.3 Å². The number of nitrogens with zero attached hydrogens (tertiary/aromatic N) is 1. The van der Waals surface area contributed by atoms with Gasteiger partial charge in [-0.2, -0.15) is 0 Å². The van der Waals surface area contributed by atoms with Crippen LogP contribution in [0.1, 0.15) is 31.7 Å². The summed E-state index contributed by atoms with van der Waals surface area (Å²) >= 11 is 0. The Kier molecular flexibility index (Phi) is 6.40.